The van der Waals surface area contributed by atoms with Gasteiger partial charge >= 0.3 is 0 Å². The van der Waals surface area contributed by atoms with E-state index in [1.165, 1.54) is 19.3 Å². The molecule has 2 atom stereocenters. The third-order valence-electron chi connectivity index (χ3n) is 5.47. The number of halogens is 2. The molecule has 2 aromatic rings. The Morgan fingerprint density at radius 3 is 2.66 bits per heavy atom. The fraction of sp³-hybridized carbons (Fsp3) is 0.455. The highest BCUT2D eigenvalue weighted by Gasteiger charge is 2.36. The molecule has 3 heterocycles. The Balaban J connectivity index is 1.82. The number of aryl methyl sites for hydroxylation is 1. The molecule has 0 saturated heterocycles. The molecule has 8 nitrogen and oxygen atoms in total. The first-order valence-corrected chi connectivity index (χ1v) is 10.1. The molecule has 32 heavy (non-hydrogen) atoms. The van der Waals surface area contributed by atoms with Gasteiger partial charge < -0.3 is 20.5 Å². The van der Waals surface area contributed by atoms with Gasteiger partial charge in [-0.3, -0.25) is 14.6 Å². The van der Waals surface area contributed by atoms with Crippen LogP contribution in [-0.4, -0.2) is 49.9 Å². The van der Waals surface area contributed by atoms with E-state index in [4.69, 9.17) is 10.5 Å². The van der Waals surface area contributed by atoms with Gasteiger partial charge in [-0.05, 0) is 38.5 Å². The summed E-state index contributed by atoms with van der Waals surface area (Å²) in [5.74, 6) is -3.97. The molecule has 0 radical (unpaired) electrons. The first kappa shape index (κ1) is 23.5. The molecule has 1 aliphatic heterocycles. The van der Waals surface area contributed by atoms with E-state index < -0.39 is 24.0 Å². The van der Waals surface area contributed by atoms with Crippen molar-refractivity contribution in [1.29, 1.82) is 0 Å². The molecule has 2 unspecified atom stereocenters. The maximum Gasteiger partial charge on any atom is 0.278 e. The van der Waals surface area contributed by atoms with Crippen molar-refractivity contribution >= 4 is 11.8 Å². The predicted molar refractivity (Wildman–Crippen MR) is 111 cm³/mol. The highest BCUT2D eigenvalue weighted by Crippen LogP contribution is 2.34. The average molecular weight is 448 g/mol. The van der Waals surface area contributed by atoms with Gasteiger partial charge in [-0.1, -0.05) is 0 Å². The number of nitrogens with two attached hydrogens (primary N) is 1. The molecule has 0 aromatic carbocycles. The Hall–Kier alpha value is -3.14. The third-order valence-corrected chi connectivity index (χ3v) is 5.47. The van der Waals surface area contributed by atoms with E-state index in [2.05, 4.69) is 9.97 Å². The van der Waals surface area contributed by atoms with Gasteiger partial charge in [-0.15, -0.1) is 0 Å². The lowest BCUT2D eigenvalue weighted by Crippen LogP contribution is -2.43. The predicted octanol–water partition coefficient (Wildman–Crippen LogP) is 2.31. The highest BCUT2D eigenvalue weighted by molar-refractivity contribution is 5.98. The summed E-state index contributed by atoms with van der Waals surface area (Å²) in [6.07, 6.45) is 2.84. The van der Waals surface area contributed by atoms with Crippen LogP contribution in [0.15, 0.2) is 24.5 Å². The molecule has 3 rings (SSSR count). The third kappa shape index (κ3) is 4.85. The number of aromatic nitrogens is 2. The summed E-state index contributed by atoms with van der Waals surface area (Å²) in [7, 11) is 0. The summed E-state index contributed by atoms with van der Waals surface area (Å²) < 4.78 is 31.2. The topological polar surface area (TPSA) is 119 Å². The number of alkyl halides is 2. The number of carbonyl (C=O) groups is 2. The summed E-state index contributed by atoms with van der Waals surface area (Å²) in [6, 6.07) is 2.96. The molecular weight excluding hydrogens is 422 g/mol. The molecule has 3 N–H and O–H groups in total. The zero-order chi connectivity index (χ0) is 23.8. The second kappa shape index (κ2) is 8.42. The van der Waals surface area contributed by atoms with Crippen LogP contribution in [0.3, 0.4) is 0 Å². The van der Waals surface area contributed by atoms with Crippen molar-refractivity contribution in [3.8, 4) is 5.88 Å². The van der Waals surface area contributed by atoms with Crippen LogP contribution in [0.4, 0.5) is 8.78 Å². The van der Waals surface area contributed by atoms with E-state index >= 15 is 0 Å². The van der Waals surface area contributed by atoms with Crippen molar-refractivity contribution in [3.05, 3.63) is 52.5 Å². The summed E-state index contributed by atoms with van der Waals surface area (Å²) in [4.78, 5) is 34.6. The Kier molecular flexibility index (Phi) is 6.19. The standard InChI is InChI=1S/C22H26F2N4O4/c1-12-7-14(9-27-18(12)32-11-22(4,23)24)13(2)28-10-16-15(19(28)29)5-6-26-17(16)8-21(3,31)20(25)30/h5-7,9,13,31H,8,10-11H2,1-4H3,(H2,25,30). The number of primary amides is 1. The number of carbonyl (C=O) groups excluding carboxylic acids is 2. The Labute approximate surface area is 184 Å². The SMILES string of the molecule is Cc1cc(C(C)N2Cc3c(ccnc3CC(C)(O)C(N)=O)C2=O)cnc1OCC(C)(F)F. The van der Waals surface area contributed by atoms with Gasteiger partial charge in [0.05, 0.1) is 6.04 Å². The van der Waals surface area contributed by atoms with Crippen LogP contribution in [-0.2, 0) is 17.8 Å². The lowest BCUT2D eigenvalue weighted by atomic mass is 9.95. The lowest BCUT2D eigenvalue weighted by molar-refractivity contribution is -0.134. The van der Waals surface area contributed by atoms with Gasteiger partial charge in [0.2, 0.25) is 11.8 Å². The van der Waals surface area contributed by atoms with Crippen molar-refractivity contribution < 1.29 is 28.2 Å². The first-order valence-electron chi connectivity index (χ1n) is 10.1. The van der Waals surface area contributed by atoms with E-state index in [1.54, 1.807) is 24.0 Å². The van der Waals surface area contributed by atoms with Gasteiger partial charge in [0.1, 0.15) is 5.60 Å². The van der Waals surface area contributed by atoms with Gasteiger partial charge in [0, 0.05) is 54.7 Å². The van der Waals surface area contributed by atoms with E-state index in [0.29, 0.717) is 27.9 Å². The number of rotatable bonds is 8. The van der Waals surface area contributed by atoms with Crippen LogP contribution >= 0.6 is 0 Å². The van der Waals surface area contributed by atoms with E-state index in [1.807, 2.05) is 6.92 Å². The maximum absolute atomic E-state index is 13.1. The van der Waals surface area contributed by atoms with Crippen LogP contribution in [0, 0.1) is 6.92 Å². The van der Waals surface area contributed by atoms with Crippen LogP contribution in [0.5, 0.6) is 5.88 Å². The number of fused-ring (bicyclic) bond motifs is 1. The minimum absolute atomic E-state index is 0.110. The number of nitrogens with zero attached hydrogens (tertiary/aromatic N) is 3. The molecule has 2 amide bonds. The molecule has 0 fully saturated rings. The number of hydrogen-bond donors (Lipinski definition) is 2. The molecule has 1 aliphatic rings. The summed E-state index contributed by atoms with van der Waals surface area (Å²) in [6.45, 7) is 5.04. The van der Waals surface area contributed by atoms with E-state index in [9.17, 15) is 23.5 Å². The van der Waals surface area contributed by atoms with Crippen molar-refractivity contribution in [1.82, 2.24) is 14.9 Å². The quantitative estimate of drug-likeness (QED) is 0.640. The van der Waals surface area contributed by atoms with Crippen molar-refractivity contribution in [2.45, 2.75) is 58.2 Å². The highest BCUT2D eigenvalue weighted by atomic mass is 19.3. The molecule has 0 saturated carbocycles. The van der Waals surface area contributed by atoms with Gasteiger partial charge in [-0.25, -0.2) is 13.8 Å². The molecular formula is C22H26F2N4O4. The lowest BCUT2D eigenvalue weighted by Gasteiger charge is -2.25. The Morgan fingerprint density at radius 1 is 1.38 bits per heavy atom. The monoisotopic (exact) mass is 448 g/mol. The fourth-order valence-electron chi connectivity index (χ4n) is 3.53. The Morgan fingerprint density at radius 2 is 2.06 bits per heavy atom. The van der Waals surface area contributed by atoms with Crippen LogP contribution in [0.1, 0.15) is 59.6 Å². The first-order chi connectivity index (χ1) is 14.8. The van der Waals surface area contributed by atoms with Crippen molar-refractivity contribution in [2.24, 2.45) is 5.73 Å². The van der Waals surface area contributed by atoms with Gasteiger partial charge in [0.25, 0.3) is 11.8 Å². The normalized spacial score (nSPS) is 16.5. The second-order valence-corrected chi connectivity index (χ2v) is 8.46. The Bertz CT molecular complexity index is 1050. The summed E-state index contributed by atoms with van der Waals surface area (Å²) in [5, 5.41) is 10.3. The van der Waals surface area contributed by atoms with Gasteiger partial charge in [0.15, 0.2) is 6.61 Å². The maximum atomic E-state index is 13.1. The molecule has 172 valence electrons. The van der Waals surface area contributed by atoms with Gasteiger partial charge in [-0.2, -0.15) is 0 Å². The number of pyridine rings is 2. The fourth-order valence-corrected chi connectivity index (χ4v) is 3.53. The number of amides is 2. The number of aliphatic hydroxyl groups is 1. The van der Waals surface area contributed by atoms with Crippen LogP contribution in [0.25, 0.3) is 0 Å². The van der Waals surface area contributed by atoms with Crippen molar-refractivity contribution in [3.63, 3.8) is 0 Å². The summed E-state index contributed by atoms with van der Waals surface area (Å²) >= 11 is 0. The molecule has 0 bridgehead atoms. The second-order valence-electron chi connectivity index (χ2n) is 8.46. The minimum Gasteiger partial charge on any atom is -0.471 e. The van der Waals surface area contributed by atoms with Crippen LogP contribution in [0.2, 0.25) is 0 Å². The number of hydrogen-bond acceptors (Lipinski definition) is 6. The largest absolute Gasteiger partial charge is 0.471 e. The van der Waals surface area contributed by atoms with E-state index in [0.717, 1.165) is 6.92 Å². The zero-order valence-corrected chi connectivity index (χ0v) is 18.4. The average Bonchev–Trinajstić information content (AvgIpc) is 3.03. The number of ether oxygens (including phenoxy) is 1. The van der Waals surface area contributed by atoms with Crippen LogP contribution < -0.4 is 10.5 Å². The molecule has 0 spiro atoms. The molecule has 10 heteroatoms. The summed E-state index contributed by atoms with van der Waals surface area (Å²) in [5.41, 5.74) is 6.24. The van der Waals surface area contributed by atoms with E-state index in [-0.39, 0.29) is 30.8 Å². The molecule has 0 aliphatic carbocycles. The smallest absolute Gasteiger partial charge is 0.278 e. The zero-order valence-electron chi connectivity index (χ0n) is 18.4. The minimum atomic E-state index is -2.97. The molecule has 2 aromatic heterocycles. The van der Waals surface area contributed by atoms with Crippen molar-refractivity contribution in [2.75, 3.05) is 6.61 Å².